The van der Waals surface area contributed by atoms with Gasteiger partial charge in [-0.25, -0.2) is 0 Å². The van der Waals surface area contributed by atoms with E-state index in [1.807, 2.05) is 0 Å². The standard InChI is InChI=1S/C5H15NO9P2/c6-4(1-7)2-15-3-5(8,16(9,10)11)17(12,13)14/h4,7-8H,1-3,6H2,(H2,9,10,11)(H2,12,13,14). The molecule has 1 atom stereocenters. The molecule has 0 heterocycles. The molecule has 0 spiro atoms. The summed E-state index contributed by atoms with van der Waals surface area (Å²) in [6.07, 6.45) is 0. The monoisotopic (exact) mass is 295 g/mol. The third-order valence-electron chi connectivity index (χ3n) is 1.80. The van der Waals surface area contributed by atoms with Gasteiger partial charge in [0.15, 0.2) is 0 Å². The zero-order valence-electron chi connectivity index (χ0n) is 8.58. The van der Waals surface area contributed by atoms with E-state index < -0.39 is 46.1 Å². The minimum atomic E-state index is -5.51. The van der Waals surface area contributed by atoms with Crippen LogP contribution in [-0.4, -0.2) is 60.7 Å². The molecule has 0 saturated carbocycles. The highest BCUT2D eigenvalue weighted by atomic mass is 31.2. The van der Waals surface area contributed by atoms with E-state index >= 15 is 0 Å². The van der Waals surface area contributed by atoms with Gasteiger partial charge in [0.1, 0.15) is 0 Å². The van der Waals surface area contributed by atoms with Crippen molar-refractivity contribution in [3.63, 3.8) is 0 Å². The van der Waals surface area contributed by atoms with Crippen molar-refractivity contribution in [3.05, 3.63) is 0 Å². The maximum atomic E-state index is 10.8. The SMILES string of the molecule is NC(CO)COCC(O)(P(=O)(O)O)P(=O)(O)O. The zero-order valence-corrected chi connectivity index (χ0v) is 10.4. The first-order chi connectivity index (χ1) is 7.45. The Hall–Kier alpha value is 0.140. The topological polar surface area (TPSA) is 191 Å². The Balaban J connectivity index is 4.78. The van der Waals surface area contributed by atoms with Gasteiger partial charge in [-0.1, -0.05) is 0 Å². The molecule has 0 aliphatic heterocycles. The average molecular weight is 295 g/mol. The van der Waals surface area contributed by atoms with E-state index in [4.69, 9.17) is 30.4 Å². The molecule has 8 N–H and O–H groups in total. The van der Waals surface area contributed by atoms with Gasteiger partial charge in [-0.15, -0.1) is 0 Å². The Kier molecular flexibility index (Phi) is 5.90. The van der Waals surface area contributed by atoms with E-state index in [1.54, 1.807) is 0 Å². The number of hydrogen-bond donors (Lipinski definition) is 7. The minimum Gasteiger partial charge on any atom is -0.395 e. The molecule has 10 nitrogen and oxygen atoms in total. The summed E-state index contributed by atoms with van der Waals surface area (Å²) in [6, 6.07) is -0.896. The van der Waals surface area contributed by atoms with E-state index in [0.29, 0.717) is 0 Å². The minimum absolute atomic E-state index is 0.432. The van der Waals surface area contributed by atoms with Gasteiger partial charge in [0.05, 0.1) is 25.9 Å². The van der Waals surface area contributed by atoms with Crippen LogP contribution in [0, 0.1) is 0 Å². The summed E-state index contributed by atoms with van der Waals surface area (Å²) in [5.41, 5.74) is 5.18. The normalized spacial score (nSPS) is 15.9. The largest absolute Gasteiger partial charge is 0.395 e. The van der Waals surface area contributed by atoms with Crippen LogP contribution in [0.2, 0.25) is 0 Å². The second-order valence-electron chi connectivity index (χ2n) is 3.32. The fourth-order valence-electron chi connectivity index (χ4n) is 0.738. The van der Waals surface area contributed by atoms with Gasteiger partial charge in [-0.3, -0.25) is 9.13 Å². The molecule has 1 unspecified atom stereocenters. The summed E-state index contributed by atoms with van der Waals surface area (Å²) in [4.78, 5) is 34.8. The summed E-state index contributed by atoms with van der Waals surface area (Å²) in [6.45, 7) is -2.24. The van der Waals surface area contributed by atoms with E-state index in [2.05, 4.69) is 4.74 Å². The fourth-order valence-corrected chi connectivity index (χ4v) is 2.61. The lowest BCUT2D eigenvalue weighted by molar-refractivity contribution is 0.0155. The Labute approximate surface area is 96.3 Å². The quantitative estimate of drug-likeness (QED) is 0.243. The predicted molar refractivity (Wildman–Crippen MR) is 54.9 cm³/mol. The van der Waals surface area contributed by atoms with Gasteiger partial charge >= 0.3 is 15.2 Å². The van der Waals surface area contributed by atoms with Crippen LogP contribution in [0.25, 0.3) is 0 Å². The third-order valence-corrected chi connectivity index (χ3v) is 5.48. The molecule has 0 aromatic rings. The van der Waals surface area contributed by atoms with Crippen molar-refractivity contribution in [2.24, 2.45) is 5.73 Å². The molecule has 0 aromatic carbocycles. The lowest BCUT2D eigenvalue weighted by Gasteiger charge is -2.29. The second kappa shape index (κ2) is 5.85. The van der Waals surface area contributed by atoms with Gasteiger partial charge < -0.3 is 40.3 Å². The van der Waals surface area contributed by atoms with Gasteiger partial charge in [-0.2, -0.15) is 0 Å². The maximum Gasteiger partial charge on any atom is 0.371 e. The molecule has 104 valence electrons. The Bertz CT molecular complexity index is 312. The third kappa shape index (κ3) is 4.38. The van der Waals surface area contributed by atoms with Crippen LogP contribution >= 0.6 is 15.2 Å². The first-order valence-corrected chi connectivity index (χ1v) is 7.46. The maximum absolute atomic E-state index is 10.8. The molecular weight excluding hydrogens is 280 g/mol. The fraction of sp³-hybridized carbons (Fsp3) is 1.00. The van der Waals surface area contributed by atoms with Crippen molar-refractivity contribution in [2.45, 2.75) is 11.1 Å². The number of rotatable bonds is 7. The molecule has 0 radical (unpaired) electrons. The van der Waals surface area contributed by atoms with Crippen LogP contribution in [0.15, 0.2) is 0 Å². The first kappa shape index (κ1) is 17.1. The molecule has 0 amide bonds. The van der Waals surface area contributed by atoms with Crippen molar-refractivity contribution in [2.75, 3.05) is 19.8 Å². The molecule has 0 aromatic heterocycles. The summed E-state index contributed by atoms with van der Waals surface area (Å²) in [7, 11) is -11.0. The lowest BCUT2D eigenvalue weighted by Crippen LogP contribution is -2.37. The van der Waals surface area contributed by atoms with Crippen molar-refractivity contribution in [1.29, 1.82) is 0 Å². The molecule has 0 aliphatic rings. The summed E-state index contributed by atoms with van der Waals surface area (Å²) in [5, 5.41) is 14.2. The second-order valence-corrected chi connectivity index (χ2v) is 7.33. The van der Waals surface area contributed by atoms with Crippen LogP contribution in [0.5, 0.6) is 0 Å². The van der Waals surface area contributed by atoms with Crippen molar-refractivity contribution >= 4 is 15.2 Å². The predicted octanol–water partition coefficient (Wildman–Crippen LogP) is -2.68. The summed E-state index contributed by atoms with van der Waals surface area (Å²) < 4.78 is 26.2. The van der Waals surface area contributed by atoms with Gasteiger partial charge in [0, 0.05) is 0 Å². The van der Waals surface area contributed by atoms with Crippen LogP contribution in [0.4, 0.5) is 0 Å². The van der Waals surface area contributed by atoms with Crippen molar-refractivity contribution in [1.82, 2.24) is 0 Å². The average Bonchev–Trinajstić information content (AvgIpc) is 2.13. The van der Waals surface area contributed by atoms with Crippen LogP contribution in [0.3, 0.4) is 0 Å². The number of hydrogen-bond acceptors (Lipinski definition) is 6. The number of nitrogens with two attached hydrogens (primary N) is 1. The smallest absolute Gasteiger partial charge is 0.371 e. The number of aliphatic hydroxyl groups is 2. The molecule has 0 aliphatic carbocycles. The van der Waals surface area contributed by atoms with E-state index in [-0.39, 0.29) is 0 Å². The summed E-state index contributed by atoms with van der Waals surface area (Å²) >= 11 is 0. The molecule has 0 bridgehead atoms. The van der Waals surface area contributed by atoms with Gasteiger partial charge in [-0.05, 0) is 0 Å². The van der Waals surface area contributed by atoms with Crippen molar-refractivity contribution < 1.29 is 43.7 Å². The van der Waals surface area contributed by atoms with Crippen molar-refractivity contribution in [3.8, 4) is 0 Å². The van der Waals surface area contributed by atoms with E-state index in [1.165, 1.54) is 0 Å². The highest BCUT2D eigenvalue weighted by molar-refractivity contribution is 7.72. The summed E-state index contributed by atoms with van der Waals surface area (Å²) in [5.74, 6) is 0. The number of ether oxygens (including phenoxy) is 1. The Morgan fingerprint density at radius 2 is 1.59 bits per heavy atom. The van der Waals surface area contributed by atoms with Gasteiger partial charge in [0.2, 0.25) is 0 Å². The Morgan fingerprint density at radius 1 is 1.18 bits per heavy atom. The first-order valence-electron chi connectivity index (χ1n) is 4.23. The van der Waals surface area contributed by atoms with Crippen LogP contribution < -0.4 is 5.73 Å². The van der Waals surface area contributed by atoms with E-state index in [0.717, 1.165) is 0 Å². The molecule has 0 saturated heterocycles. The zero-order chi connectivity index (χ0) is 13.9. The Morgan fingerprint density at radius 3 is 1.88 bits per heavy atom. The molecule has 0 fully saturated rings. The highest BCUT2D eigenvalue weighted by Crippen LogP contribution is 2.67. The number of aliphatic hydroxyl groups excluding tert-OH is 1. The van der Waals surface area contributed by atoms with Crippen LogP contribution in [-0.2, 0) is 13.9 Å². The van der Waals surface area contributed by atoms with E-state index in [9.17, 15) is 14.2 Å². The highest BCUT2D eigenvalue weighted by Gasteiger charge is 2.59. The molecule has 12 heteroatoms. The molecular formula is C5H15NO9P2. The molecule has 17 heavy (non-hydrogen) atoms. The van der Waals surface area contributed by atoms with Crippen LogP contribution in [0.1, 0.15) is 0 Å². The molecule has 0 rings (SSSR count). The van der Waals surface area contributed by atoms with Gasteiger partial charge in [0.25, 0.3) is 5.08 Å². The lowest BCUT2D eigenvalue weighted by atomic mass is 10.4.